The second-order valence-corrected chi connectivity index (χ2v) is 5.82. The predicted molar refractivity (Wildman–Crippen MR) is 81.4 cm³/mol. The maximum absolute atomic E-state index is 13.2. The highest BCUT2D eigenvalue weighted by Crippen LogP contribution is 2.20. The molecule has 1 saturated carbocycles. The number of hydrogen-bond acceptors (Lipinski definition) is 2. The number of nitrogens with one attached hydrogen (secondary N) is 2. The van der Waals surface area contributed by atoms with E-state index in [0.29, 0.717) is 0 Å². The van der Waals surface area contributed by atoms with E-state index in [9.17, 15) is 13.6 Å². The van der Waals surface area contributed by atoms with Gasteiger partial charge in [0.25, 0.3) is 5.91 Å². The number of thiocarbonyl (C=S) groups is 1. The van der Waals surface area contributed by atoms with Crippen LogP contribution < -0.4 is 10.6 Å². The molecule has 0 bridgehead atoms. The molecule has 1 fully saturated rings. The first kappa shape index (κ1) is 16.1. The standard InChI is InChI=1S/C14H15ClF2N2OS/c15-10-7-12(17)11(16)6-9(10)13(20)19-14(21)18-8-4-2-1-3-5-8/h6-8H,1-5H2,(H2,18,19,20,21). The monoisotopic (exact) mass is 332 g/mol. The summed E-state index contributed by atoms with van der Waals surface area (Å²) in [4.78, 5) is 12.0. The number of benzene rings is 1. The number of rotatable bonds is 2. The minimum atomic E-state index is -1.13. The van der Waals surface area contributed by atoms with Gasteiger partial charge in [-0.2, -0.15) is 0 Å². The van der Waals surface area contributed by atoms with Crippen LogP contribution in [0.3, 0.4) is 0 Å². The van der Waals surface area contributed by atoms with Gasteiger partial charge in [-0.3, -0.25) is 10.1 Å². The maximum Gasteiger partial charge on any atom is 0.259 e. The number of carbonyl (C=O) groups is 1. The van der Waals surface area contributed by atoms with Crippen LogP contribution in [0.15, 0.2) is 12.1 Å². The van der Waals surface area contributed by atoms with Crippen molar-refractivity contribution in [2.24, 2.45) is 0 Å². The molecule has 0 radical (unpaired) electrons. The summed E-state index contributed by atoms with van der Waals surface area (Å²) >= 11 is 10.8. The second-order valence-electron chi connectivity index (χ2n) is 5.01. The Kier molecular flexibility index (Phi) is 5.47. The molecule has 0 saturated heterocycles. The fourth-order valence-electron chi connectivity index (χ4n) is 2.34. The van der Waals surface area contributed by atoms with Gasteiger partial charge in [-0.05, 0) is 37.2 Å². The fraction of sp³-hybridized carbons (Fsp3) is 0.429. The van der Waals surface area contributed by atoms with Crippen LogP contribution in [0.1, 0.15) is 42.5 Å². The molecule has 1 aromatic rings. The van der Waals surface area contributed by atoms with Crippen molar-refractivity contribution in [3.05, 3.63) is 34.4 Å². The van der Waals surface area contributed by atoms with Crippen LogP contribution in [0.4, 0.5) is 8.78 Å². The summed E-state index contributed by atoms with van der Waals surface area (Å²) in [6.07, 6.45) is 5.47. The first-order valence-corrected chi connectivity index (χ1v) is 7.52. The van der Waals surface area contributed by atoms with E-state index in [-0.39, 0.29) is 21.7 Å². The Morgan fingerprint density at radius 2 is 1.81 bits per heavy atom. The maximum atomic E-state index is 13.2. The molecular formula is C14H15ClF2N2OS. The Balaban J connectivity index is 1.97. The largest absolute Gasteiger partial charge is 0.360 e. The first-order valence-electron chi connectivity index (χ1n) is 6.74. The molecule has 0 aromatic heterocycles. The molecule has 0 unspecified atom stereocenters. The van der Waals surface area contributed by atoms with Crippen molar-refractivity contribution in [2.75, 3.05) is 0 Å². The minimum Gasteiger partial charge on any atom is -0.360 e. The smallest absolute Gasteiger partial charge is 0.259 e. The van der Waals surface area contributed by atoms with Crippen molar-refractivity contribution >= 4 is 34.8 Å². The third-order valence-electron chi connectivity index (χ3n) is 3.42. The van der Waals surface area contributed by atoms with Crippen LogP contribution in [0.5, 0.6) is 0 Å². The lowest BCUT2D eigenvalue weighted by atomic mass is 9.96. The van der Waals surface area contributed by atoms with Crippen molar-refractivity contribution in [1.29, 1.82) is 0 Å². The van der Waals surface area contributed by atoms with Crippen LogP contribution in [0.25, 0.3) is 0 Å². The Hall–Kier alpha value is -1.27. The second kappa shape index (κ2) is 7.13. The van der Waals surface area contributed by atoms with Crippen LogP contribution in [-0.2, 0) is 0 Å². The van der Waals surface area contributed by atoms with Gasteiger partial charge < -0.3 is 5.32 Å². The molecule has 114 valence electrons. The van der Waals surface area contributed by atoms with E-state index in [2.05, 4.69) is 10.6 Å². The summed E-state index contributed by atoms with van der Waals surface area (Å²) in [7, 11) is 0. The zero-order valence-electron chi connectivity index (χ0n) is 11.2. The highest BCUT2D eigenvalue weighted by Gasteiger charge is 2.18. The molecule has 0 spiro atoms. The van der Waals surface area contributed by atoms with E-state index in [1.54, 1.807) is 0 Å². The highest BCUT2D eigenvalue weighted by atomic mass is 35.5. The molecule has 0 aliphatic heterocycles. The lowest BCUT2D eigenvalue weighted by molar-refractivity contribution is 0.0976. The third-order valence-corrected chi connectivity index (χ3v) is 3.95. The summed E-state index contributed by atoms with van der Waals surface area (Å²) in [5.41, 5.74) is -0.150. The number of hydrogen-bond donors (Lipinski definition) is 2. The van der Waals surface area contributed by atoms with Crippen LogP contribution >= 0.6 is 23.8 Å². The van der Waals surface area contributed by atoms with Gasteiger partial charge in [0, 0.05) is 6.04 Å². The number of amides is 1. The predicted octanol–water partition coefficient (Wildman–Crippen LogP) is 3.56. The van der Waals surface area contributed by atoms with Crippen LogP contribution in [0, 0.1) is 11.6 Å². The molecule has 21 heavy (non-hydrogen) atoms. The van der Waals surface area contributed by atoms with E-state index < -0.39 is 17.5 Å². The van der Waals surface area contributed by atoms with Gasteiger partial charge in [0.05, 0.1) is 10.6 Å². The SMILES string of the molecule is O=C(NC(=S)NC1CCCCC1)c1cc(F)c(F)cc1Cl. The Labute approximate surface area is 132 Å². The van der Waals surface area contributed by atoms with E-state index >= 15 is 0 Å². The normalized spacial score (nSPS) is 15.6. The van der Waals surface area contributed by atoms with E-state index in [0.717, 1.165) is 37.8 Å². The molecule has 1 amide bonds. The molecule has 0 heterocycles. The molecule has 2 rings (SSSR count). The summed E-state index contributed by atoms with van der Waals surface area (Å²) in [5.74, 6) is -2.89. The molecule has 0 atom stereocenters. The van der Waals surface area contributed by atoms with E-state index in [4.69, 9.17) is 23.8 Å². The topological polar surface area (TPSA) is 41.1 Å². The molecule has 1 aromatic carbocycles. The molecule has 3 nitrogen and oxygen atoms in total. The number of carbonyl (C=O) groups excluding carboxylic acids is 1. The highest BCUT2D eigenvalue weighted by molar-refractivity contribution is 7.80. The molecule has 2 N–H and O–H groups in total. The third kappa shape index (κ3) is 4.35. The summed E-state index contributed by atoms with van der Waals surface area (Å²) < 4.78 is 26.1. The fourth-order valence-corrected chi connectivity index (χ4v) is 2.83. The lowest BCUT2D eigenvalue weighted by Crippen LogP contribution is -2.45. The van der Waals surface area contributed by atoms with Gasteiger partial charge in [-0.25, -0.2) is 8.78 Å². The summed E-state index contributed by atoms with van der Waals surface area (Å²) in [6.45, 7) is 0. The van der Waals surface area contributed by atoms with Gasteiger partial charge in [0.15, 0.2) is 16.7 Å². The Morgan fingerprint density at radius 1 is 1.19 bits per heavy atom. The van der Waals surface area contributed by atoms with E-state index in [1.807, 2.05) is 0 Å². The molecule has 1 aliphatic carbocycles. The Bertz CT molecular complexity index is 562. The average molecular weight is 333 g/mol. The summed E-state index contributed by atoms with van der Waals surface area (Å²) in [5, 5.41) is 5.51. The zero-order chi connectivity index (χ0) is 15.4. The average Bonchev–Trinajstić information content (AvgIpc) is 2.43. The lowest BCUT2D eigenvalue weighted by Gasteiger charge is -2.24. The van der Waals surface area contributed by atoms with Crippen LogP contribution in [-0.4, -0.2) is 17.1 Å². The number of halogens is 3. The van der Waals surface area contributed by atoms with Crippen molar-refractivity contribution < 1.29 is 13.6 Å². The van der Waals surface area contributed by atoms with Crippen molar-refractivity contribution in [2.45, 2.75) is 38.1 Å². The van der Waals surface area contributed by atoms with E-state index in [1.165, 1.54) is 6.42 Å². The van der Waals surface area contributed by atoms with Crippen molar-refractivity contribution in [3.8, 4) is 0 Å². The summed E-state index contributed by atoms with van der Waals surface area (Å²) in [6, 6.07) is 1.77. The Morgan fingerprint density at radius 3 is 2.48 bits per heavy atom. The van der Waals surface area contributed by atoms with Gasteiger partial charge in [-0.15, -0.1) is 0 Å². The van der Waals surface area contributed by atoms with Gasteiger partial charge in [0.1, 0.15) is 0 Å². The minimum absolute atomic E-state index is 0.150. The molecular weight excluding hydrogens is 318 g/mol. The van der Waals surface area contributed by atoms with Crippen molar-refractivity contribution in [1.82, 2.24) is 10.6 Å². The quantitative estimate of drug-likeness (QED) is 0.643. The first-order chi connectivity index (χ1) is 9.97. The zero-order valence-corrected chi connectivity index (χ0v) is 12.8. The van der Waals surface area contributed by atoms with Crippen LogP contribution in [0.2, 0.25) is 5.02 Å². The van der Waals surface area contributed by atoms with Crippen molar-refractivity contribution in [3.63, 3.8) is 0 Å². The van der Waals surface area contributed by atoms with Gasteiger partial charge in [0.2, 0.25) is 0 Å². The van der Waals surface area contributed by atoms with Gasteiger partial charge in [-0.1, -0.05) is 30.9 Å². The molecule has 7 heteroatoms. The van der Waals surface area contributed by atoms with Gasteiger partial charge >= 0.3 is 0 Å². The molecule has 1 aliphatic rings.